The van der Waals surface area contributed by atoms with Crippen molar-refractivity contribution >= 4 is 45.7 Å². The van der Waals surface area contributed by atoms with Gasteiger partial charge in [0.2, 0.25) is 11.8 Å². The number of ether oxygens (including phenoxy) is 4. The number of esters is 1. The molecule has 6 aliphatic rings. The maximum atomic E-state index is 16.6. The molecular weight excluding hydrogens is 1250 g/mol. The summed E-state index contributed by atoms with van der Waals surface area (Å²) in [6.45, 7) is 11.2. The average Bonchev–Trinajstić information content (AvgIpc) is 1.58. The number of nitrogens with zero attached hydrogens (tertiary/aromatic N) is 8. The van der Waals surface area contributed by atoms with Crippen molar-refractivity contribution < 1.29 is 46.9 Å². The first-order valence-electron chi connectivity index (χ1n) is 34.0. The summed E-state index contributed by atoms with van der Waals surface area (Å²) in [5.74, 6) is 2.45. The molecule has 6 atom stereocenters. The number of H-pyrrole nitrogens is 4. The number of aromatic amines is 4. The number of hydrogen-bond acceptors (Lipinski definition) is 14. The van der Waals surface area contributed by atoms with Crippen LogP contribution in [0.4, 0.5) is 13.6 Å². The van der Waals surface area contributed by atoms with E-state index in [1.54, 1.807) is 17.3 Å². The van der Waals surface area contributed by atoms with Crippen LogP contribution in [0.3, 0.4) is 0 Å². The highest BCUT2D eigenvalue weighted by Crippen LogP contribution is 2.46. The second-order valence-corrected chi connectivity index (χ2v) is 27.0. The Labute approximate surface area is 563 Å². The van der Waals surface area contributed by atoms with Crippen LogP contribution in [0.5, 0.6) is 11.5 Å². The molecule has 10 aromatic rings. The molecule has 508 valence electrons. The molecule has 4 saturated heterocycles. The Hall–Kier alpha value is -10.1. The standard InChI is InChI=1S/C44H51FN8O7.C29H28FN7O/c1-23(2)28(19-36(54)58-5)42(55)51-15-7-9-33(51)40-46-20-30(48-40)25-12-14-32-29(17-25)37(45)39-27-13-11-26(18-35(27)60-22-53(32)39)31-21-47-41(49-31)34-10-8-16-52(34)43(56)38(24(3)4)50-44(57)59-6;30-26-19-11-16(22-13-33-28(35-22)20-3-1-9-31-20)6-8-24(19)37-15-38-25-12-17(5-7-18(25)27(26)37)23-14-34-29(36-23)21-4-2-10-32-21/h11-14,17-18,20-21,23-24,28,33-34,38H,7-10,15-16,19,22H2,1-6H3,(H,46,48)(H,47,49)(H,50,57);5-8,11-14,20-21,31-32H,1-4,9-10,15H2,(H,33,35)(H,34,36)/t28-,33-,34-,38-;20-,21-/m00/s1. The molecule has 0 unspecified atom stereocenters. The number of aromatic nitrogens is 10. The number of halogens is 2. The third-order valence-electron chi connectivity index (χ3n) is 20.4. The third-order valence-corrected chi connectivity index (χ3v) is 20.4. The minimum absolute atomic E-state index is 0.0260. The topological polar surface area (TPSA) is 272 Å². The predicted molar refractivity (Wildman–Crippen MR) is 363 cm³/mol. The molecule has 98 heavy (non-hydrogen) atoms. The fourth-order valence-corrected chi connectivity index (χ4v) is 15.1. The van der Waals surface area contributed by atoms with Crippen molar-refractivity contribution in [2.24, 2.45) is 17.8 Å². The van der Waals surface area contributed by atoms with Crippen molar-refractivity contribution in [1.29, 1.82) is 0 Å². The highest BCUT2D eigenvalue weighted by Gasteiger charge is 2.40. The number of likely N-dealkylation sites (tertiary alicyclic amines) is 2. The van der Waals surface area contributed by atoms with Crippen LogP contribution >= 0.6 is 0 Å². The lowest BCUT2D eigenvalue weighted by atomic mass is 9.91. The van der Waals surface area contributed by atoms with E-state index < -0.39 is 24.0 Å². The van der Waals surface area contributed by atoms with Gasteiger partial charge < -0.3 is 73.8 Å². The summed E-state index contributed by atoms with van der Waals surface area (Å²) in [4.78, 5) is 87.2. The van der Waals surface area contributed by atoms with Crippen LogP contribution in [0.2, 0.25) is 0 Å². The highest BCUT2D eigenvalue weighted by atomic mass is 19.1. The van der Waals surface area contributed by atoms with Gasteiger partial charge in [-0.15, -0.1) is 0 Å². The van der Waals surface area contributed by atoms with Crippen molar-refractivity contribution in [2.45, 2.75) is 129 Å². The van der Waals surface area contributed by atoms with Crippen LogP contribution in [-0.2, 0) is 37.3 Å². The van der Waals surface area contributed by atoms with E-state index in [9.17, 15) is 19.2 Å². The van der Waals surface area contributed by atoms with Gasteiger partial charge in [-0.05, 0) is 125 Å². The van der Waals surface area contributed by atoms with Crippen molar-refractivity contribution in [3.8, 4) is 79.0 Å². The number of hydrogen-bond donors (Lipinski definition) is 7. The van der Waals surface area contributed by atoms with Gasteiger partial charge in [-0.1, -0.05) is 52.0 Å². The van der Waals surface area contributed by atoms with Gasteiger partial charge in [-0.2, -0.15) is 0 Å². The van der Waals surface area contributed by atoms with Gasteiger partial charge in [0.15, 0.2) is 25.1 Å². The first-order chi connectivity index (χ1) is 47.6. The number of imidazole rings is 4. The summed E-state index contributed by atoms with van der Waals surface area (Å²) < 4.78 is 58.3. The van der Waals surface area contributed by atoms with Gasteiger partial charge in [-0.3, -0.25) is 14.4 Å². The van der Waals surface area contributed by atoms with E-state index in [0.717, 1.165) is 127 Å². The fourth-order valence-electron chi connectivity index (χ4n) is 15.1. The van der Waals surface area contributed by atoms with E-state index in [1.807, 2.05) is 127 Å². The molecule has 6 aliphatic heterocycles. The monoisotopic (exact) mass is 1330 g/mol. The van der Waals surface area contributed by atoms with Crippen molar-refractivity contribution in [1.82, 2.24) is 74.8 Å². The molecule has 3 amide bonds. The Bertz CT molecular complexity index is 4700. The van der Waals surface area contributed by atoms with Crippen molar-refractivity contribution in [2.75, 3.05) is 40.4 Å². The molecule has 12 heterocycles. The Kier molecular flexibility index (Phi) is 17.2. The van der Waals surface area contributed by atoms with Crippen LogP contribution in [0.15, 0.2) is 97.6 Å². The molecule has 0 saturated carbocycles. The second-order valence-electron chi connectivity index (χ2n) is 27.0. The third kappa shape index (κ3) is 11.7. The molecule has 0 radical (unpaired) electrons. The van der Waals surface area contributed by atoms with E-state index in [0.29, 0.717) is 75.2 Å². The molecule has 0 aliphatic carbocycles. The van der Waals surface area contributed by atoms with Crippen LogP contribution in [0.25, 0.3) is 89.4 Å². The van der Waals surface area contributed by atoms with Crippen molar-refractivity contribution in [3.63, 3.8) is 0 Å². The lowest BCUT2D eigenvalue weighted by Gasteiger charge is -2.30. The molecule has 6 aromatic heterocycles. The summed E-state index contributed by atoms with van der Waals surface area (Å²) in [6, 6.07) is 22.3. The quantitative estimate of drug-likeness (QED) is 0.0471. The number of benzene rings is 4. The smallest absolute Gasteiger partial charge is 0.407 e. The molecule has 23 nitrogen and oxygen atoms in total. The number of rotatable bonds is 15. The molecule has 7 N–H and O–H groups in total. The van der Waals surface area contributed by atoms with Gasteiger partial charge in [0.1, 0.15) is 40.8 Å². The average molecular weight is 1330 g/mol. The van der Waals surface area contributed by atoms with Gasteiger partial charge >= 0.3 is 12.1 Å². The predicted octanol–water partition coefficient (Wildman–Crippen LogP) is 12.5. The van der Waals surface area contributed by atoms with E-state index >= 15 is 8.78 Å². The second kappa shape index (κ2) is 26.4. The van der Waals surface area contributed by atoms with Crippen LogP contribution < -0.4 is 25.4 Å². The van der Waals surface area contributed by atoms with E-state index in [2.05, 4.69) is 55.8 Å². The number of carbonyl (C=O) groups is 4. The molecule has 16 rings (SSSR count). The molecule has 4 aromatic carbocycles. The largest absolute Gasteiger partial charge is 0.472 e. The van der Waals surface area contributed by atoms with Crippen LogP contribution in [-0.4, -0.2) is 129 Å². The number of amides is 3. The first kappa shape index (κ1) is 63.9. The summed E-state index contributed by atoms with van der Waals surface area (Å²) >= 11 is 0. The minimum Gasteiger partial charge on any atom is -0.472 e. The van der Waals surface area contributed by atoms with Crippen LogP contribution in [0.1, 0.15) is 133 Å². The number of carbonyl (C=O) groups excluding carboxylic acids is 4. The Morgan fingerprint density at radius 1 is 0.551 bits per heavy atom. The van der Waals surface area contributed by atoms with E-state index in [1.165, 1.54) is 14.2 Å². The van der Waals surface area contributed by atoms with Gasteiger partial charge in [0, 0.05) is 57.2 Å². The molecule has 0 bridgehead atoms. The normalized spacial score (nSPS) is 19.2. The van der Waals surface area contributed by atoms with E-state index in [4.69, 9.17) is 18.9 Å². The number of alkyl carbamates (subject to hydrolysis) is 1. The number of methoxy groups -OCH3 is 2. The number of nitrogens with one attached hydrogen (secondary N) is 7. The Balaban J connectivity index is 0.000000176. The molecule has 4 fully saturated rings. The maximum Gasteiger partial charge on any atom is 0.407 e. The summed E-state index contributed by atoms with van der Waals surface area (Å²) in [5, 5.41) is 10.6. The molecule has 0 spiro atoms. The van der Waals surface area contributed by atoms with Crippen LogP contribution in [0, 0.1) is 29.4 Å². The fraction of sp³-hybridized carbons (Fsp3) is 0.397. The van der Waals surface area contributed by atoms with Crippen molar-refractivity contribution in [3.05, 3.63) is 133 Å². The Morgan fingerprint density at radius 2 is 0.990 bits per heavy atom. The molecule has 25 heteroatoms. The van der Waals surface area contributed by atoms with E-state index in [-0.39, 0.29) is 79.3 Å². The lowest BCUT2D eigenvalue weighted by molar-refractivity contribution is -0.148. The minimum atomic E-state index is -0.734. The SMILES string of the molecule is COC(=O)C[C@H](C(=O)N1CCC[C@H]1c1ncc(-c2ccc3c(c2)c(F)c2n3COc3cc(-c4cnc([C@@H]5CCCN5C(=O)[C@@H](NC(=O)OC)C(C)C)[nH]4)ccc3-2)[nH]1)C(C)C.Fc1c2n(c3ccc(-c4cnc([C@@H]5CCCN5)[nH]4)cc13)COc1cc(-c3cnc([C@@H]4CCCN4)[nH]3)ccc1-2. The summed E-state index contributed by atoms with van der Waals surface area (Å²) in [6.07, 6.45) is 14.1. The molecular formula is C73H79F2N15O8. The zero-order chi connectivity index (χ0) is 67.6. The highest BCUT2D eigenvalue weighted by molar-refractivity contribution is 5.95. The summed E-state index contributed by atoms with van der Waals surface area (Å²) in [7, 11) is 2.60. The summed E-state index contributed by atoms with van der Waals surface area (Å²) in [5.41, 5.74) is 10.6. The van der Waals surface area contributed by atoms with Gasteiger partial charge in [0.25, 0.3) is 0 Å². The zero-order valence-corrected chi connectivity index (χ0v) is 55.6. The van der Waals surface area contributed by atoms with Gasteiger partial charge in [-0.25, -0.2) is 33.5 Å². The van der Waals surface area contributed by atoms with Gasteiger partial charge in [0.05, 0.1) is 121 Å². The first-order valence-corrected chi connectivity index (χ1v) is 34.0. The maximum absolute atomic E-state index is 16.6. The lowest BCUT2D eigenvalue weighted by Crippen LogP contribution is -2.51. The Morgan fingerprint density at radius 3 is 1.42 bits per heavy atom. The zero-order valence-electron chi connectivity index (χ0n) is 55.6. The number of fused-ring (bicyclic) bond motifs is 10.